The van der Waals surface area contributed by atoms with Gasteiger partial charge in [0.05, 0.1) is 24.9 Å². The molecule has 2 heterocycles. The van der Waals surface area contributed by atoms with Crippen molar-refractivity contribution in [3.8, 4) is 0 Å². The van der Waals surface area contributed by atoms with Gasteiger partial charge in [0, 0.05) is 24.7 Å². The number of hydrogen-bond donors (Lipinski definition) is 1. The average Bonchev–Trinajstić information content (AvgIpc) is 3.20. The maximum atomic E-state index is 13.6. The molecule has 3 fully saturated rings. The Morgan fingerprint density at radius 1 is 1.33 bits per heavy atom. The molecule has 2 atom stereocenters. The highest BCUT2D eigenvalue weighted by atomic mass is 19.1. The number of nitrogens with one attached hydrogen (secondary N) is 1. The van der Waals surface area contributed by atoms with Crippen LogP contribution < -0.4 is 10.2 Å². The van der Waals surface area contributed by atoms with Crippen LogP contribution in [0.15, 0.2) is 12.3 Å². The van der Waals surface area contributed by atoms with E-state index in [0.29, 0.717) is 24.7 Å². The first-order valence-electron chi connectivity index (χ1n) is 8.07. The van der Waals surface area contributed by atoms with Crippen molar-refractivity contribution in [2.75, 3.05) is 18.1 Å². The highest BCUT2D eigenvalue weighted by Crippen LogP contribution is 2.34. The van der Waals surface area contributed by atoms with Crippen molar-refractivity contribution in [1.29, 1.82) is 0 Å². The number of aromatic nitrogens is 1. The van der Waals surface area contributed by atoms with Gasteiger partial charge in [-0.05, 0) is 38.2 Å². The Kier molecular flexibility index (Phi) is 3.55. The first-order chi connectivity index (χ1) is 10.3. The van der Waals surface area contributed by atoms with Crippen molar-refractivity contribution in [3.63, 3.8) is 0 Å². The van der Waals surface area contributed by atoms with Crippen molar-refractivity contribution in [1.82, 2.24) is 10.3 Å². The van der Waals surface area contributed by atoms with Crippen LogP contribution in [0.1, 0.15) is 37.7 Å². The van der Waals surface area contributed by atoms with Crippen molar-refractivity contribution >= 4 is 5.82 Å². The van der Waals surface area contributed by atoms with Crippen LogP contribution in [0, 0.1) is 5.82 Å². The molecular weight excluding hydrogens is 269 g/mol. The van der Waals surface area contributed by atoms with E-state index < -0.39 is 0 Å². The molecule has 4 rings (SSSR count). The van der Waals surface area contributed by atoms with E-state index in [-0.39, 0.29) is 5.82 Å². The summed E-state index contributed by atoms with van der Waals surface area (Å²) in [4.78, 5) is 6.77. The largest absolute Gasteiger partial charge is 0.374 e. The summed E-state index contributed by atoms with van der Waals surface area (Å²) < 4.78 is 19.5. The van der Waals surface area contributed by atoms with Gasteiger partial charge < -0.3 is 15.0 Å². The molecule has 1 aromatic heterocycles. The minimum Gasteiger partial charge on any atom is -0.374 e. The van der Waals surface area contributed by atoms with Gasteiger partial charge in [-0.15, -0.1) is 0 Å². The number of pyridine rings is 1. The molecular formula is C16H22FN3O. The van der Waals surface area contributed by atoms with Crippen LogP contribution in [-0.2, 0) is 11.3 Å². The monoisotopic (exact) mass is 291 g/mol. The molecule has 21 heavy (non-hydrogen) atoms. The summed E-state index contributed by atoms with van der Waals surface area (Å²) in [5.74, 6) is 0.701. The highest BCUT2D eigenvalue weighted by Gasteiger charge is 2.37. The predicted octanol–water partition coefficient (Wildman–Crippen LogP) is 2.23. The molecule has 0 radical (unpaired) electrons. The molecule has 1 aromatic rings. The molecule has 1 N–H and O–H groups in total. The minimum atomic E-state index is -0.248. The molecule has 0 spiro atoms. The van der Waals surface area contributed by atoms with Crippen molar-refractivity contribution in [2.24, 2.45) is 0 Å². The lowest BCUT2D eigenvalue weighted by Gasteiger charge is -2.39. The molecule has 3 aliphatic rings. The number of hydrogen-bond acceptors (Lipinski definition) is 4. The number of morpholine rings is 1. The third-order valence-electron chi connectivity index (χ3n) is 4.82. The van der Waals surface area contributed by atoms with E-state index in [9.17, 15) is 4.39 Å². The molecule has 1 saturated heterocycles. The van der Waals surface area contributed by atoms with Crippen LogP contribution in [0.2, 0.25) is 0 Å². The Morgan fingerprint density at radius 3 is 3.10 bits per heavy atom. The summed E-state index contributed by atoms with van der Waals surface area (Å²) in [6.45, 7) is 2.31. The van der Waals surface area contributed by atoms with Crippen molar-refractivity contribution in [3.05, 3.63) is 23.6 Å². The third-order valence-corrected chi connectivity index (χ3v) is 4.82. The van der Waals surface area contributed by atoms with Crippen LogP contribution >= 0.6 is 0 Å². The van der Waals surface area contributed by atoms with E-state index in [0.717, 1.165) is 37.4 Å². The summed E-state index contributed by atoms with van der Waals surface area (Å²) in [7, 11) is 0. The van der Waals surface area contributed by atoms with E-state index in [4.69, 9.17) is 4.74 Å². The second-order valence-corrected chi connectivity index (χ2v) is 6.39. The normalized spacial score (nSPS) is 28.7. The quantitative estimate of drug-likeness (QED) is 0.923. The third kappa shape index (κ3) is 2.77. The van der Waals surface area contributed by atoms with Gasteiger partial charge in [-0.2, -0.15) is 0 Å². The summed E-state index contributed by atoms with van der Waals surface area (Å²) in [5, 5.41) is 3.47. The molecule has 2 saturated carbocycles. The number of ether oxygens (including phenoxy) is 1. The Bertz CT molecular complexity index is 520. The summed E-state index contributed by atoms with van der Waals surface area (Å²) in [6.07, 6.45) is 7.64. The van der Waals surface area contributed by atoms with Gasteiger partial charge in [0.1, 0.15) is 11.6 Å². The average molecular weight is 291 g/mol. The molecule has 4 nitrogen and oxygen atoms in total. The van der Waals surface area contributed by atoms with Gasteiger partial charge in [-0.25, -0.2) is 9.37 Å². The summed E-state index contributed by atoms with van der Waals surface area (Å²) in [6, 6.07) is 2.67. The highest BCUT2D eigenvalue weighted by molar-refractivity contribution is 5.49. The van der Waals surface area contributed by atoms with Gasteiger partial charge >= 0.3 is 0 Å². The lowest BCUT2D eigenvalue weighted by molar-refractivity contribution is 0.0252. The van der Waals surface area contributed by atoms with E-state index in [1.54, 1.807) is 6.07 Å². The minimum absolute atomic E-state index is 0.248. The lowest BCUT2D eigenvalue weighted by atomic mass is 10.1. The van der Waals surface area contributed by atoms with E-state index in [1.807, 2.05) is 0 Å². The SMILES string of the molecule is Fc1cnc(N2CCOC3CCCC32)c(CNC2CC2)c1. The van der Waals surface area contributed by atoms with Crippen LogP contribution in [0.5, 0.6) is 0 Å². The molecule has 114 valence electrons. The fourth-order valence-corrected chi connectivity index (χ4v) is 3.59. The second kappa shape index (κ2) is 5.54. The Hall–Kier alpha value is -1.20. The first kappa shape index (κ1) is 13.5. The Balaban J connectivity index is 1.59. The Labute approximate surface area is 124 Å². The zero-order valence-electron chi connectivity index (χ0n) is 12.2. The van der Waals surface area contributed by atoms with Crippen molar-refractivity contribution < 1.29 is 9.13 Å². The van der Waals surface area contributed by atoms with E-state index in [2.05, 4.69) is 15.2 Å². The van der Waals surface area contributed by atoms with Gasteiger partial charge in [0.15, 0.2) is 0 Å². The first-order valence-corrected chi connectivity index (χ1v) is 8.07. The summed E-state index contributed by atoms with van der Waals surface area (Å²) >= 11 is 0. The standard InChI is InChI=1S/C16H22FN3O/c17-12-8-11(9-18-13-4-5-13)16(19-10-12)20-6-7-21-15-3-1-2-14(15)20/h8,10,13-15,18H,1-7,9H2. The fourth-order valence-electron chi connectivity index (χ4n) is 3.59. The fraction of sp³-hybridized carbons (Fsp3) is 0.688. The van der Waals surface area contributed by atoms with E-state index >= 15 is 0 Å². The molecule has 1 aliphatic heterocycles. The van der Waals surface area contributed by atoms with Crippen molar-refractivity contribution in [2.45, 2.75) is 56.8 Å². The predicted molar refractivity (Wildman–Crippen MR) is 78.8 cm³/mol. The lowest BCUT2D eigenvalue weighted by Crippen LogP contribution is -2.49. The van der Waals surface area contributed by atoms with Crippen LogP contribution in [-0.4, -0.2) is 36.3 Å². The summed E-state index contributed by atoms with van der Waals surface area (Å²) in [5.41, 5.74) is 0.981. The molecule has 2 aliphatic carbocycles. The van der Waals surface area contributed by atoms with E-state index in [1.165, 1.54) is 25.5 Å². The molecule has 0 amide bonds. The van der Waals surface area contributed by atoms with Crippen LogP contribution in [0.25, 0.3) is 0 Å². The number of nitrogens with zero attached hydrogens (tertiary/aromatic N) is 2. The van der Waals surface area contributed by atoms with Gasteiger partial charge in [-0.3, -0.25) is 0 Å². The van der Waals surface area contributed by atoms with Gasteiger partial charge in [0.2, 0.25) is 0 Å². The maximum Gasteiger partial charge on any atom is 0.141 e. The molecule has 5 heteroatoms. The van der Waals surface area contributed by atoms with Crippen LogP contribution in [0.4, 0.5) is 10.2 Å². The number of anilines is 1. The zero-order valence-corrected chi connectivity index (χ0v) is 12.2. The molecule has 0 bridgehead atoms. The number of halogens is 1. The van der Waals surface area contributed by atoms with Gasteiger partial charge in [0.25, 0.3) is 0 Å². The molecule has 0 aromatic carbocycles. The smallest absolute Gasteiger partial charge is 0.141 e. The van der Waals surface area contributed by atoms with Crippen LogP contribution in [0.3, 0.4) is 0 Å². The second-order valence-electron chi connectivity index (χ2n) is 6.39. The number of rotatable bonds is 4. The Morgan fingerprint density at radius 2 is 2.24 bits per heavy atom. The van der Waals surface area contributed by atoms with Gasteiger partial charge in [-0.1, -0.05) is 0 Å². The topological polar surface area (TPSA) is 37.4 Å². The number of fused-ring (bicyclic) bond motifs is 1. The zero-order chi connectivity index (χ0) is 14.2. The maximum absolute atomic E-state index is 13.6. The molecule has 2 unspecified atom stereocenters.